The Balaban J connectivity index is 1.51. The highest BCUT2D eigenvalue weighted by atomic mass is 35.5. The third-order valence-electron chi connectivity index (χ3n) is 5.13. The molecule has 6 nitrogen and oxygen atoms in total. The van der Waals surface area contributed by atoms with E-state index in [4.69, 9.17) is 16.3 Å². The molecule has 0 fully saturated rings. The van der Waals surface area contributed by atoms with Crippen LogP contribution in [0.5, 0.6) is 5.75 Å². The van der Waals surface area contributed by atoms with Crippen molar-refractivity contribution in [3.8, 4) is 5.75 Å². The van der Waals surface area contributed by atoms with Crippen LogP contribution in [0.4, 0.5) is 5.69 Å². The molecule has 8 heteroatoms. The number of nitrogens with zero attached hydrogens (tertiary/aromatic N) is 3. The van der Waals surface area contributed by atoms with E-state index in [2.05, 4.69) is 27.0 Å². The van der Waals surface area contributed by atoms with Crippen molar-refractivity contribution in [3.05, 3.63) is 63.9 Å². The van der Waals surface area contributed by atoms with Crippen LogP contribution in [0.1, 0.15) is 35.9 Å². The summed E-state index contributed by atoms with van der Waals surface area (Å²) < 4.78 is 7.93. The van der Waals surface area contributed by atoms with Crippen LogP contribution in [-0.4, -0.2) is 33.0 Å². The maximum absolute atomic E-state index is 12.5. The van der Waals surface area contributed by atoms with Crippen LogP contribution >= 0.6 is 23.4 Å². The van der Waals surface area contributed by atoms with Gasteiger partial charge in [-0.15, -0.1) is 10.2 Å². The van der Waals surface area contributed by atoms with Gasteiger partial charge in [0.2, 0.25) is 5.91 Å². The van der Waals surface area contributed by atoms with Crippen molar-refractivity contribution in [2.45, 2.75) is 52.2 Å². The van der Waals surface area contributed by atoms with Crippen molar-refractivity contribution in [2.75, 3.05) is 17.7 Å². The van der Waals surface area contributed by atoms with E-state index < -0.39 is 0 Å². The van der Waals surface area contributed by atoms with Gasteiger partial charge in [-0.25, -0.2) is 0 Å². The SMILES string of the molecule is CCn1c(CCCOc2ccc(Cl)cc2C)nnc1SCC(=O)Nc1c(C)cccc1C. The van der Waals surface area contributed by atoms with E-state index in [1.54, 1.807) is 0 Å². The van der Waals surface area contributed by atoms with E-state index in [0.717, 1.165) is 58.5 Å². The first-order valence-electron chi connectivity index (χ1n) is 10.7. The molecule has 170 valence electrons. The summed E-state index contributed by atoms with van der Waals surface area (Å²) in [6.45, 7) is 9.36. The van der Waals surface area contributed by atoms with Gasteiger partial charge in [-0.1, -0.05) is 41.6 Å². The van der Waals surface area contributed by atoms with Crippen molar-refractivity contribution in [1.29, 1.82) is 0 Å². The first-order valence-corrected chi connectivity index (χ1v) is 12.0. The van der Waals surface area contributed by atoms with Crippen molar-refractivity contribution in [2.24, 2.45) is 0 Å². The average Bonchev–Trinajstić information content (AvgIpc) is 3.15. The molecule has 0 saturated carbocycles. The quantitative estimate of drug-likeness (QED) is 0.306. The Morgan fingerprint density at radius 2 is 1.88 bits per heavy atom. The molecule has 0 aliphatic carbocycles. The number of hydrogen-bond acceptors (Lipinski definition) is 5. The number of hydrogen-bond donors (Lipinski definition) is 1. The Kier molecular flexibility index (Phi) is 8.59. The second-order valence-electron chi connectivity index (χ2n) is 7.61. The number of aromatic nitrogens is 3. The highest BCUT2D eigenvalue weighted by Crippen LogP contribution is 2.23. The minimum Gasteiger partial charge on any atom is -0.493 e. The number of aryl methyl sites for hydroxylation is 4. The third-order valence-corrected chi connectivity index (χ3v) is 6.33. The van der Waals surface area contributed by atoms with Gasteiger partial charge in [0.25, 0.3) is 0 Å². The van der Waals surface area contributed by atoms with Crippen LogP contribution < -0.4 is 10.1 Å². The highest BCUT2D eigenvalue weighted by molar-refractivity contribution is 7.99. The van der Waals surface area contributed by atoms with Crippen molar-refractivity contribution < 1.29 is 9.53 Å². The van der Waals surface area contributed by atoms with E-state index in [0.29, 0.717) is 11.6 Å². The number of benzene rings is 2. The predicted octanol–water partition coefficient (Wildman–Crippen LogP) is 5.62. The molecule has 0 radical (unpaired) electrons. The normalized spacial score (nSPS) is 10.9. The summed E-state index contributed by atoms with van der Waals surface area (Å²) in [6.07, 6.45) is 1.57. The summed E-state index contributed by atoms with van der Waals surface area (Å²) in [6, 6.07) is 11.6. The molecule has 1 aromatic heterocycles. The molecular weight excluding hydrogens is 444 g/mol. The minimum absolute atomic E-state index is 0.0497. The Bertz CT molecular complexity index is 1060. The second-order valence-corrected chi connectivity index (χ2v) is 8.99. The van der Waals surface area contributed by atoms with Crippen molar-refractivity contribution in [3.63, 3.8) is 0 Å². The summed E-state index contributed by atoms with van der Waals surface area (Å²) in [7, 11) is 0. The fourth-order valence-electron chi connectivity index (χ4n) is 3.43. The van der Waals surface area contributed by atoms with E-state index in [1.165, 1.54) is 11.8 Å². The Labute approximate surface area is 198 Å². The molecule has 3 aromatic rings. The van der Waals surface area contributed by atoms with Gasteiger partial charge in [-0.2, -0.15) is 0 Å². The maximum atomic E-state index is 12.5. The van der Waals surface area contributed by atoms with Crippen LogP contribution in [0.3, 0.4) is 0 Å². The lowest BCUT2D eigenvalue weighted by Crippen LogP contribution is -2.16. The average molecular weight is 473 g/mol. The van der Waals surface area contributed by atoms with Gasteiger partial charge in [0, 0.05) is 23.7 Å². The number of carbonyl (C=O) groups is 1. The van der Waals surface area contributed by atoms with E-state index in [-0.39, 0.29) is 11.7 Å². The van der Waals surface area contributed by atoms with E-state index >= 15 is 0 Å². The molecule has 0 aliphatic heterocycles. The summed E-state index contributed by atoms with van der Waals surface area (Å²) in [5.41, 5.74) is 4.01. The zero-order valence-electron chi connectivity index (χ0n) is 18.9. The highest BCUT2D eigenvalue weighted by Gasteiger charge is 2.14. The van der Waals surface area contributed by atoms with Gasteiger partial charge in [0.15, 0.2) is 5.16 Å². The zero-order valence-corrected chi connectivity index (χ0v) is 20.5. The number of thioether (sulfide) groups is 1. The molecule has 0 spiro atoms. The number of amides is 1. The molecule has 1 amide bonds. The molecule has 1 N–H and O–H groups in total. The summed E-state index contributed by atoms with van der Waals surface area (Å²) >= 11 is 7.40. The van der Waals surface area contributed by atoms with Gasteiger partial charge >= 0.3 is 0 Å². The van der Waals surface area contributed by atoms with Crippen LogP contribution in [0.15, 0.2) is 41.6 Å². The minimum atomic E-state index is -0.0497. The summed E-state index contributed by atoms with van der Waals surface area (Å²) in [5.74, 6) is 1.98. The lowest BCUT2D eigenvalue weighted by molar-refractivity contribution is -0.113. The van der Waals surface area contributed by atoms with Gasteiger partial charge in [-0.3, -0.25) is 4.79 Å². The summed E-state index contributed by atoms with van der Waals surface area (Å²) in [5, 5.41) is 13.1. The number of ether oxygens (including phenoxy) is 1. The molecule has 1 heterocycles. The molecule has 0 unspecified atom stereocenters. The number of nitrogens with one attached hydrogen (secondary N) is 1. The molecular formula is C24H29ClN4O2S. The monoisotopic (exact) mass is 472 g/mol. The fourth-order valence-corrected chi connectivity index (χ4v) is 4.48. The van der Waals surface area contributed by atoms with Gasteiger partial charge in [0.05, 0.1) is 12.4 Å². The number of halogens is 1. The molecule has 3 rings (SSSR count). The van der Waals surface area contributed by atoms with E-state index in [1.807, 2.05) is 57.2 Å². The second kappa shape index (κ2) is 11.4. The first kappa shape index (κ1) is 24.1. The molecule has 0 aliphatic rings. The Morgan fingerprint density at radius 1 is 1.12 bits per heavy atom. The first-order chi connectivity index (χ1) is 15.4. The maximum Gasteiger partial charge on any atom is 0.234 e. The number of para-hydroxylation sites is 1. The van der Waals surface area contributed by atoms with E-state index in [9.17, 15) is 4.79 Å². The number of carbonyl (C=O) groups excluding carboxylic acids is 1. The van der Waals surface area contributed by atoms with Crippen LogP contribution in [0.25, 0.3) is 0 Å². The summed E-state index contributed by atoms with van der Waals surface area (Å²) in [4.78, 5) is 12.5. The van der Waals surface area contributed by atoms with Crippen molar-refractivity contribution in [1.82, 2.24) is 14.8 Å². The zero-order chi connectivity index (χ0) is 23.1. The standard InChI is InChI=1S/C24H29ClN4O2S/c1-5-29-21(10-7-13-31-20-12-11-19(25)14-18(20)4)27-28-24(29)32-15-22(30)26-23-16(2)8-6-9-17(23)3/h6,8-9,11-12,14H,5,7,10,13,15H2,1-4H3,(H,26,30). The topological polar surface area (TPSA) is 69.0 Å². The molecule has 0 bridgehead atoms. The molecule has 0 atom stereocenters. The van der Waals surface area contributed by atoms with Crippen LogP contribution in [0.2, 0.25) is 5.02 Å². The third kappa shape index (κ3) is 6.26. The largest absolute Gasteiger partial charge is 0.493 e. The van der Waals surface area contributed by atoms with Crippen LogP contribution in [0, 0.1) is 20.8 Å². The van der Waals surface area contributed by atoms with Gasteiger partial charge in [-0.05, 0) is 69.0 Å². The van der Waals surface area contributed by atoms with Gasteiger partial charge < -0.3 is 14.6 Å². The number of rotatable bonds is 10. The lowest BCUT2D eigenvalue weighted by atomic mass is 10.1. The predicted molar refractivity (Wildman–Crippen MR) is 131 cm³/mol. The lowest BCUT2D eigenvalue weighted by Gasteiger charge is -2.12. The number of anilines is 1. The fraction of sp³-hybridized carbons (Fsp3) is 0.375. The Morgan fingerprint density at radius 3 is 2.56 bits per heavy atom. The molecule has 0 saturated heterocycles. The molecule has 2 aromatic carbocycles. The van der Waals surface area contributed by atoms with Crippen molar-refractivity contribution >= 4 is 35.0 Å². The molecule has 32 heavy (non-hydrogen) atoms. The smallest absolute Gasteiger partial charge is 0.234 e. The Hall–Kier alpha value is -2.51. The van der Waals surface area contributed by atoms with Gasteiger partial charge in [0.1, 0.15) is 11.6 Å². The van der Waals surface area contributed by atoms with Crippen LogP contribution in [-0.2, 0) is 17.8 Å².